The van der Waals surface area contributed by atoms with E-state index in [2.05, 4.69) is 5.32 Å². The average molecular weight is 354 g/mol. The first-order valence-corrected chi connectivity index (χ1v) is 7.33. The normalized spacial score (nSPS) is 12.0. The number of aliphatic carboxylic acids is 1. The fourth-order valence-corrected chi connectivity index (χ4v) is 2.02. The number of hydrogen-bond donors (Lipinski definition) is 3. The van der Waals surface area contributed by atoms with Gasteiger partial charge in [-0.1, -0.05) is 0 Å². The van der Waals surface area contributed by atoms with Crippen molar-refractivity contribution in [3.63, 3.8) is 0 Å². The lowest BCUT2D eigenvalue weighted by Crippen LogP contribution is -2.45. The van der Waals surface area contributed by atoms with Crippen molar-refractivity contribution in [3.8, 4) is 11.5 Å². The van der Waals surface area contributed by atoms with E-state index in [0.29, 0.717) is 17.1 Å². The fraction of sp³-hybridized carbons (Fsp3) is 0.438. The second kappa shape index (κ2) is 8.22. The van der Waals surface area contributed by atoms with Crippen LogP contribution < -0.4 is 20.5 Å². The molecule has 1 aromatic carbocycles. The van der Waals surface area contributed by atoms with Crippen molar-refractivity contribution < 1.29 is 33.7 Å². The molecule has 0 aliphatic heterocycles. The Labute approximate surface area is 145 Å². The van der Waals surface area contributed by atoms with E-state index in [1.54, 1.807) is 32.0 Å². The standard InChI is InChI=1S/C16H22N2O7/c1-16(2,9-5-10(23-3)7-11(6-9)24-4)25-15(22)18-12(14(20)21)8-13(17)19/h5-7,12H,8H2,1-4H3,(H2,17,19)(H,18,22)(H,20,21)/t12-/m0/s1. The third-order valence-corrected chi connectivity index (χ3v) is 3.39. The highest BCUT2D eigenvalue weighted by atomic mass is 16.6. The maximum absolute atomic E-state index is 12.0. The number of hydrogen-bond acceptors (Lipinski definition) is 6. The van der Waals surface area contributed by atoms with Crippen LogP contribution in [0.1, 0.15) is 25.8 Å². The van der Waals surface area contributed by atoms with E-state index in [4.69, 9.17) is 25.1 Å². The van der Waals surface area contributed by atoms with Crippen LogP contribution in [0, 0.1) is 0 Å². The van der Waals surface area contributed by atoms with E-state index in [1.165, 1.54) is 14.2 Å². The molecule has 4 N–H and O–H groups in total. The lowest BCUT2D eigenvalue weighted by atomic mass is 9.97. The maximum Gasteiger partial charge on any atom is 0.408 e. The van der Waals surface area contributed by atoms with Gasteiger partial charge in [-0.15, -0.1) is 0 Å². The summed E-state index contributed by atoms with van der Waals surface area (Å²) in [7, 11) is 2.97. The van der Waals surface area contributed by atoms with Gasteiger partial charge >= 0.3 is 12.1 Å². The van der Waals surface area contributed by atoms with Crippen molar-refractivity contribution in [1.82, 2.24) is 5.32 Å². The van der Waals surface area contributed by atoms with Crippen LogP contribution in [0.25, 0.3) is 0 Å². The summed E-state index contributed by atoms with van der Waals surface area (Å²) < 4.78 is 15.7. The monoisotopic (exact) mass is 354 g/mol. The van der Waals surface area contributed by atoms with Gasteiger partial charge < -0.3 is 30.4 Å². The minimum absolute atomic E-state index is 0.503. The molecule has 0 fully saturated rings. The Hall–Kier alpha value is -2.97. The largest absolute Gasteiger partial charge is 0.497 e. The zero-order valence-electron chi connectivity index (χ0n) is 14.5. The quantitative estimate of drug-likeness (QED) is 0.633. The molecule has 2 amide bonds. The molecule has 0 unspecified atom stereocenters. The molecule has 9 nitrogen and oxygen atoms in total. The second-order valence-corrected chi connectivity index (χ2v) is 5.71. The first kappa shape index (κ1) is 20.1. The zero-order chi connectivity index (χ0) is 19.2. The van der Waals surface area contributed by atoms with Crippen LogP contribution in [0.4, 0.5) is 4.79 Å². The molecule has 0 saturated heterocycles. The van der Waals surface area contributed by atoms with Crippen LogP contribution in [0.15, 0.2) is 18.2 Å². The Kier molecular flexibility index (Phi) is 6.60. The molecule has 0 bridgehead atoms. The Bertz CT molecular complexity index is 636. The number of primary amides is 1. The molecular formula is C16H22N2O7. The van der Waals surface area contributed by atoms with Gasteiger partial charge in [-0.25, -0.2) is 9.59 Å². The van der Waals surface area contributed by atoms with Crippen molar-refractivity contribution in [1.29, 1.82) is 0 Å². The molecule has 0 spiro atoms. The molecule has 0 aromatic heterocycles. The number of alkyl carbamates (subject to hydrolysis) is 1. The molecule has 1 aromatic rings. The molecule has 9 heteroatoms. The molecule has 1 rings (SSSR count). The Morgan fingerprint density at radius 1 is 1.16 bits per heavy atom. The van der Waals surface area contributed by atoms with Crippen LogP contribution in [-0.2, 0) is 19.9 Å². The van der Waals surface area contributed by atoms with Crippen LogP contribution in [0.5, 0.6) is 11.5 Å². The van der Waals surface area contributed by atoms with Gasteiger partial charge in [0.05, 0.1) is 20.6 Å². The third-order valence-electron chi connectivity index (χ3n) is 3.39. The minimum Gasteiger partial charge on any atom is -0.497 e. The van der Waals surface area contributed by atoms with E-state index in [1.807, 2.05) is 0 Å². The van der Waals surface area contributed by atoms with E-state index >= 15 is 0 Å². The van der Waals surface area contributed by atoms with Gasteiger partial charge in [0.25, 0.3) is 0 Å². The first-order valence-electron chi connectivity index (χ1n) is 7.33. The highest BCUT2D eigenvalue weighted by Gasteiger charge is 2.30. The SMILES string of the molecule is COc1cc(OC)cc(C(C)(C)OC(=O)N[C@@H](CC(N)=O)C(=O)O)c1. The summed E-state index contributed by atoms with van der Waals surface area (Å²) in [6.07, 6.45) is -1.54. The summed E-state index contributed by atoms with van der Waals surface area (Å²) in [5.74, 6) is -1.24. The van der Waals surface area contributed by atoms with Gasteiger partial charge in [-0.3, -0.25) is 4.79 Å². The Morgan fingerprint density at radius 3 is 2.08 bits per heavy atom. The lowest BCUT2D eigenvalue weighted by Gasteiger charge is -2.27. The van der Waals surface area contributed by atoms with Crippen LogP contribution in [0.3, 0.4) is 0 Å². The highest BCUT2D eigenvalue weighted by molar-refractivity contribution is 5.86. The molecule has 0 radical (unpaired) electrons. The van der Waals surface area contributed by atoms with Crippen molar-refractivity contribution in [2.45, 2.75) is 31.9 Å². The first-order chi connectivity index (χ1) is 11.6. The maximum atomic E-state index is 12.0. The Morgan fingerprint density at radius 2 is 1.68 bits per heavy atom. The summed E-state index contributed by atoms with van der Waals surface area (Å²) in [6.45, 7) is 3.23. The van der Waals surface area contributed by atoms with Crippen molar-refractivity contribution >= 4 is 18.0 Å². The number of carboxylic acid groups (broad SMARTS) is 1. The van der Waals surface area contributed by atoms with Crippen LogP contribution >= 0.6 is 0 Å². The summed E-state index contributed by atoms with van der Waals surface area (Å²) in [5, 5.41) is 11.1. The minimum atomic E-state index is -1.47. The molecule has 0 aliphatic rings. The number of methoxy groups -OCH3 is 2. The highest BCUT2D eigenvalue weighted by Crippen LogP contribution is 2.32. The van der Waals surface area contributed by atoms with Crippen LogP contribution in [0.2, 0.25) is 0 Å². The van der Waals surface area contributed by atoms with E-state index in [0.717, 1.165) is 0 Å². The van der Waals surface area contributed by atoms with Gasteiger partial charge in [-0.2, -0.15) is 0 Å². The molecule has 0 aliphatic carbocycles. The number of ether oxygens (including phenoxy) is 3. The number of rotatable bonds is 8. The van der Waals surface area contributed by atoms with Crippen molar-refractivity contribution in [2.75, 3.05) is 14.2 Å². The lowest BCUT2D eigenvalue weighted by molar-refractivity contribution is -0.141. The molecule has 1 atom stereocenters. The molecule has 0 heterocycles. The molecular weight excluding hydrogens is 332 g/mol. The molecule has 138 valence electrons. The van der Waals surface area contributed by atoms with E-state index < -0.39 is 36.0 Å². The van der Waals surface area contributed by atoms with Gasteiger partial charge in [0, 0.05) is 11.6 Å². The predicted octanol–water partition coefficient (Wildman–Crippen LogP) is 0.994. The number of amides is 2. The third kappa shape index (κ3) is 5.87. The van der Waals surface area contributed by atoms with Gasteiger partial charge in [-0.05, 0) is 26.0 Å². The zero-order valence-corrected chi connectivity index (χ0v) is 14.5. The number of carbonyl (C=O) groups is 3. The van der Waals surface area contributed by atoms with Gasteiger partial charge in [0.1, 0.15) is 23.1 Å². The van der Waals surface area contributed by atoms with Gasteiger partial charge in [0.2, 0.25) is 5.91 Å². The number of carbonyl (C=O) groups excluding carboxylic acids is 2. The summed E-state index contributed by atoms with van der Waals surface area (Å²) in [6, 6.07) is 3.51. The second-order valence-electron chi connectivity index (χ2n) is 5.71. The summed E-state index contributed by atoms with van der Waals surface area (Å²) >= 11 is 0. The van der Waals surface area contributed by atoms with Crippen LogP contribution in [-0.4, -0.2) is 43.3 Å². The summed E-state index contributed by atoms with van der Waals surface area (Å²) in [4.78, 5) is 34.0. The fourth-order valence-electron chi connectivity index (χ4n) is 2.02. The molecule has 0 saturated carbocycles. The van der Waals surface area contributed by atoms with Gasteiger partial charge in [0.15, 0.2) is 0 Å². The van der Waals surface area contributed by atoms with Crippen molar-refractivity contribution in [3.05, 3.63) is 23.8 Å². The predicted molar refractivity (Wildman–Crippen MR) is 87.4 cm³/mol. The van der Waals surface area contributed by atoms with E-state index in [9.17, 15) is 14.4 Å². The number of nitrogens with one attached hydrogen (secondary N) is 1. The average Bonchev–Trinajstić information content (AvgIpc) is 2.52. The summed E-state index contributed by atoms with van der Waals surface area (Å²) in [5.41, 5.74) is 4.41. The van der Waals surface area contributed by atoms with E-state index in [-0.39, 0.29) is 0 Å². The number of benzene rings is 1. The smallest absolute Gasteiger partial charge is 0.408 e. The molecule has 25 heavy (non-hydrogen) atoms. The Balaban J connectivity index is 2.94. The topological polar surface area (TPSA) is 137 Å². The number of carboxylic acids is 1. The van der Waals surface area contributed by atoms with Crippen molar-refractivity contribution in [2.24, 2.45) is 5.73 Å². The number of nitrogens with two attached hydrogens (primary N) is 1.